The molecule has 6 nitrogen and oxygen atoms in total. The Kier molecular flexibility index (Phi) is 6.03. The first-order valence-electron chi connectivity index (χ1n) is 10.5. The standard InChI is InChI=1S/C26H25N3O3/c1-16(2)18-9-11-19(12-10-18)21-13-14-22-23(15-21)28-29-25(22)27-26(31)24(32-17(3)30)20-7-5-4-6-8-20/h4-16,24H,1-3H3,(H2,27,28,29,31). The quantitative estimate of drug-likeness (QED) is 0.393. The highest BCUT2D eigenvalue weighted by Crippen LogP contribution is 2.29. The van der Waals surface area contributed by atoms with Gasteiger partial charge in [-0.05, 0) is 34.7 Å². The van der Waals surface area contributed by atoms with Gasteiger partial charge in [0.2, 0.25) is 6.10 Å². The topological polar surface area (TPSA) is 84.1 Å². The molecule has 1 heterocycles. The number of nitrogens with one attached hydrogen (secondary N) is 2. The zero-order valence-electron chi connectivity index (χ0n) is 18.3. The molecule has 0 aliphatic heterocycles. The monoisotopic (exact) mass is 427 g/mol. The summed E-state index contributed by atoms with van der Waals surface area (Å²) in [6.07, 6.45) is -1.06. The van der Waals surface area contributed by atoms with E-state index in [1.54, 1.807) is 24.3 Å². The maximum Gasteiger partial charge on any atom is 0.303 e. The molecule has 4 rings (SSSR count). The summed E-state index contributed by atoms with van der Waals surface area (Å²) < 4.78 is 5.27. The predicted octanol–water partition coefficient (Wildman–Crippen LogP) is 5.60. The minimum absolute atomic E-state index is 0.389. The Morgan fingerprint density at radius 3 is 2.25 bits per heavy atom. The molecule has 3 aromatic carbocycles. The summed E-state index contributed by atoms with van der Waals surface area (Å²) in [4.78, 5) is 24.5. The van der Waals surface area contributed by atoms with Crippen molar-refractivity contribution in [2.24, 2.45) is 0 Å². The fraction of sp³-hybridized carbons (Fsp3) is 0.192. The number of fused-ring (bicyclic) bond motifs is 1. The molecule has 1 unspecified atom stereocenters. The molecule has 0 aliphatic rings. The SMILES string of the molecule is CC(=O)OC(C(=O)Nc1n[nH]c2cc(-c3ccc(C(C)C)cc3)ccc12)c1ccccc1. The molecule has 2 N–H and O–H groups in total. The Balaban J connectivity index is 1.58. The predicted molar refractivity (Wildman–Crippen MR) is 125 cm³/mol. The van der Waals surface area contributed by atoms with Crippen LogP contribution in [0.4, 0.5) is 5.82 Å². The number of aromatic nitrogens is 2. The third-order valence-corrected chi connectivity index (χ3v) is 5.34. The second-order valence-electron chi connectivity index (χ2n) is 8.00. The van der Waals surface area contributed by atoms with Crippen LogP contribution in [0.25, 0.3) is 22.0 Å². The van der Waals surface area contributed by atoms with Gasteiger partial charge in [-0.25, -0.2) is 0 Å². The van der Waals surface area contributed by atoms with E-state index < -0.39 is 18.0 Å². The Morgan fingerprint density at radius 1 is 0.906 bits per heavy atom. The van der Waals surface area contributed by atoms with Crippen LogP contribution in [0.15, 0.2) is 72.8 Å². The highest BCUT2D eigenvalue weighted by atomic mass is 16.5. The minimum Gasteiger partial charge on any atom is -0.447 e. The van der Waals surface area contributed by atoms with Crippen molar-refractivity contribution in [1.29, 1.82) is 0 Å². The molecule has 4 aromatic rings. The van der Waals surface area contributed by atoms with Crippen LogP contribution in [0, 0.1) is 0 Å². The fourth-order valence-corrected chi connectivity index (χ4v) is 3.60. The normalized spacial score (nSPS) is 12.0. The molecule has 0 saturated carbocycles. The Hall–Kier alpha value is -3.93. The van der Waals surface area contributed by atoms with E-state index >= 15 is 0 Å². The Bertz CT molecular complexity index is 1240. The summed E-state index contributed by atoms with van der Waals surface area (Å²) in [5.74, 6) is -0.126. The summed E-state index contributed by atoms with van der Waals surface area (Å²) in [5.41, 5.74) is 4.84. The third-order valence-electron chi connectivity index (χ3n) is 5.34. The fourth-order valence-electron chi connectivity index (χ4n) is 3.60. The first kappa shape index (κ1) is 21.3. The zero-order valence-corrected chi connectivity index (χ0v) is 18.3. The third kappa shape index (κ3) is 4.54. The summed E-state index contributed by atoms with van der Waals surface area (Å²) >= 11 is 0. The molecule has 6 heteroatoms. The number of hydrogen-bond donors (Lipinski definition) is 2. The van der Waals surface area contributed by atoms with Crippen molar-refractivity contribution in [3.8, 4) is 11.1 Å². The smallest absolute Gasteiger partial charge is 0.303 e. The number of anilines is 1. The van der Waals surface area contributed by atoms with E-state index in [2.05, 4.69) is 53.6 Å². The van der Waals surface area contributed by atoms with Gasteiger partial charge in [0.25, 0.3) is 5.91 Å². The lowest BCUT2D eigenvalue weighted by Crippen LogP contribution is -2.25. The molecule has 1 atom stereocenters. The van der Waals surface area contributed by atoms with Crippen LogP contribution >= 0.6 is 0 Å². The number of ether oxygens (including phenoxy) is 1. The number of carbonyl (C=O) groups excluding carboxylic acids is 2. The van der Waals surface area contributed by atoms with Gasteiger partial charge in [0.1, 0.15) is 0 Å². The molecular formula is C26H25N3O3. The molecule has 0 bridgehead atoms. The number of benzene rings is 3. The average Bonchev–Trinajstić information content (AvgIpc) is 3.19. The first-order chi connectivity index (χ1) is 15.4. The summed E-state index contributed by atoms with van der Waals surface area (Å²) in [6.45, 7) is 5.62. The average molecular weight is 428 g/mol. The van der Waals surface area contributed by atoms with Gasteiger partial charge < -0.3 is 10.1 Å². The second kappa shape index (κ2) is 9.06. The highest BCUT2D eigenvalue weighted by Gasteiger charge is 2.25. The maximum atomic E-state index is 12.9. The number of H-pyrrole nitrogens is 1. The van der Waals surface area contributed by atoms with Crippen LogP contribution in [0.5, 0.6) is 0 Å². The maximum absolute atomic E-state index is 12.9. The molecule has 0 radical (unpaired) electrons. The van der Waals surface area contributed by atoms with Crippen LogP contribution in [0.3, 0.4) is 0 Å². The van der Waals surface area contributed by atoms with Gasteiger partial charge in [0.05, 0.1) is 5.52 Å². The lowest BCUT2D eigenvalue weighted by atomic mass is 9.98. The molecule has 0 fully saturated rings. The summed E-state index contributed by atoms with van der Waals surface area (Å²) in [6, 6.07) is 23.3. The molecule has 32 heavy (non-hydrogen) atoms. The molecule has 162 valence electrons. The van der Waals surface area contributed by atoms with E-state index in [1.165, 1.54) is 12.5 Å². The van der Waals surface area contributed by atoms with Gasteiger partial charge in [0, 0.05) is 17.9 Å². The molecular weight excluding hydrogens is 402 g/mol. The summed E-state index contributed by atoms with van der Waals surface area (Å²) in [7, 11) is 0. The van der Waals surface area contributed by atoms with E-state index in [9.17, 15) is 9.59 Å². The van der Waals surface area contributed by atoms with Gasteiger partial charge in [0.15, 0.2) is 5.82 Å². The van der Waals surface area contributed by atoms with Gasteiger partial charge in [-0.2, -0.15) is 5.10 Å². The number of aromatic amines is 1. The molecule has 0 saturated heterocycles. The van der Waals surface area contributed by atoms with Crippen molar-refractivity contribution in [3.05, 3.63) is 83.9 Å². The molecule has 1 amide bonds. The van der Waals surface area contributed by atoms with E-state index in [-0.39, 0.29) is 0 Å². The van der Waals surface area contributed by atoms with Crippen molar-refractivity contribution in [2.75, 3.05) is 5.32 Å². The van der Waals surface area contributed by atoms with Gasteiger partial charge in [-0.1, -0.05) is 74.5 Å². The Morgan fingerprint density at radius 2 is 1.59 bits per heavy atom. The van der Waals surface area contributed by atoms with Crippen LogP contribution < -0.4 is 5.32 Å². The number of amides is 1. The number of hydrogen-bond acceptors (Lipinski definition) is 4. The highest BCUT2D eigenvalue weighted by molar-refractivity contribution is 6.02. The van der Waals surface area contributed by atoms with E-state index in [0.717, 1.165) is 22.0 Å². The first-order valence-corrected chi connectivity index (χ1v) is 10.5. The van der Waals surface area contributed by atoms with Crippen LogP contribution in [0.1, 0.15) is 43.9 Å². The molecule has 0 spiro atoms. The van der Waals surface area contributed by atoms with E-state index in [0.29, 0.717) is 17.3 Å². The van der Waals surface area contributed by atoms with Crippen molar-refractivity contribution in [1.82, 2.24) is 10.2 Å². The van der Waals surface area contributed by atoms with Crippen molar-refractivity contribution in [3.63, 3.8) is 0 Å². The van der Waals surface area contributed by atoms with E-state index in [1.807, 2.05) is 24.3 Å². The van der Waals surface area contributed by atoms with Crippen LogP contribution in [-0.2, 0) is 14.3 Å². The van der Waals surface area contributed by atoms with Crippen molar-refractivity contribution in [2.45, 2.75) is 32.8 Å². The van der Waals surface area contributed by atoms with Gasteiger partial charge >= 0.3 is 5.97 Å². The lowest BCUT2D eigenvalue weighted by molar-refractivity contribution is -0.152. The second-order valence-corrected chi connectivity index (χ2v) is 8.00. The van der Waals surface area contributed by atoms with Crippen LogP contribution in [0.2, 0.25) is 0 Å². The minimum atomic E-state index is -1.06. The number of rotatable bonds is 6. The number of carbonyl (C=O) groups is 2. The summed E-state index contributed by atoms with van der Waals surface area (Å²) in [5, 5.41) is 10.8. The largest absolute Gasteiger partial charge is 0.447 e. The molecule has 1 aromatic heterocycles. The van der Waals surface area contributed by atoms with Crippen LogP contribution in [-0.4, -0.2) is 22.1 Å². The van der Waals surface area contributed by atoms with E-state index in [4.69, 9.17) is 4.74 Å². The molecule has 0 aliphatic carbocycles. The van der Waals surface area contributed by atoms with Crippen molar-refractivity contribution < 1.29 is 14.3 Å². The number of nitrogens with zero attached hydrogens (tertiary/aromatic N) is 1. The number of esters is 1. The van der Waals surface area contributed by atoms with Gasteiger partial charge in [-0.15, -0.1) is 0 Å². The van der Waals surface area contributed by atoms with Gasteiger partial charge in [-0.3, -0.25) is 14.7 Å². The Labute approximate surface area is 186 Å². The van der Waals surface area contributed by atoms with Crippen molar-refractivity contribution >= 4 is 28.6 Å². The lowest BCUT2D eigenvalue weighted by Gasteiger charge is -2.16. The zero-order chi connectivity index (χ0) is 22.7.